The summed E-state index contributed by atoms with van der Waals surface area (Å²) >= 11 is 18.1. The number of hydrogen-bond donors (Lipinski definition) is 0. The van der Waals surface area contributed by atoms with Gasteiger partial charge in [-0.05, 0) is 42.8 Å². The molecule has 108 valence electrons. The predicted molar refractivity (Wildman–Crippen MR) is 90.3 cm³/mol. The van der Waals surface area contributed by atoms with E-state index in [-0.39, 0.29) is 0 Å². The molecule has 0 amide bonds. The fraction of sp³-hybridized carbons (Fsp3) is 0.188. The molecule has 0 unspecified atom stereocenters. The average Bonchev–Trinajstić information content (AvgIpc) is 2.79. The maximum Gasteiger partial charge on any atom is 0.115 e. The largest absolute Gasteiger partial charge is 0.296 e. The maximum atomic E-state index is 6.16. The maximum absolute atomic E-state index is 6.16. The van der Waals surface area contributed by atoms with Gasteiger partial charge in [-0.15, -0.1) is 11.6 Å². The summed E-state index contributed by atoms with van der Waals surface area (Å²) < 4.78 is 2.11. The molecule has 3 aromatic rings. The molecule has 21 heavy (non-hydrogen) atoms. The quantitative estimate of drug-likeness (QED) is 0.582. The number of hydrogen-bond acceptors (Lipinski definition) is 1. The van der Waals surface area contributed by atoms with Crippen LogP contribution in [0.5, 0.6) is 0 Å². The zero-order valence-electron chi connectivity index (χ0n) is 11.4. The monoisotopic (exact) mass is 338 g/mol. The predicted octanol–water partition coefficient (Wildman–Crippen LogP) is 5.42. The lowest BCUT2D eigenvalue weighted by Crippen LogP contribution is -2.04. The molecule has 5 heteroatoms. The normalized spacial score (nSPS) is 11.2. The molecule has 2 nitrogen and oxygen atoms in total. The van der Waals surface area contributed by atoms with E-state index in [1.807, 2.05) is 36.4 Å². The number of nitrogens with zero attached hydrogens (tertiary/aromatic N) is 2. The van der Waals surface area contributed by atoms with E-state index >= 15 is 0 Å². The van der Waals surface area contributed by atoms with Gasteiger partial charge >= 0.3 is 0 Å². The number of rotatable bonds is 3. The first-order valence-corrected chi connectivity index (χ1v) is 7.88. The van der Waals surface area contributed by atoms with Crippen LogP contribution < -0.4 is 0 Å². The topological polar surface area (TPSA) is 17.8 Å². The van der Waals surface area contributed by atoms with Gasteiger partial charge in [0, 0.05) is 22.3 Å². The Morgan fingerprint density at radius 2 is 1.76 bits per heavy atom. The van der Waals surface area contributed by atoms with Crippen LogP contribution in [0.4, 0.5) is 0 Å². The molecule has 0 atom stereocenters. The second-order valence-electron chi connectivity index (χ2n) is 4.87. The van der Waals surface area contributed by atoms with Gasteiger partial charge in [0.25, 0.3) is 0 Å². The molecule has 1 heterocycles. The number of aromatic nitrogens is 2. The summed E-state index contributed by atoms with van der Waals surface area (Å²) in [7, 11) is 0. The van der Waals surface area contributed by atoms with Crippen molar-refractivity contribution in [3.8, 4) is 5.69 Å². The highest BCUT2D eigenvalue weighted by Gasteiger charge is 2.14. The molecule has 0 saturated heterocycles. The first-order chi connectivity index (χ1) is 10.1. The van der Waals surface area contributed by atoms with Crippen LogP contribution in [-0.4, -0.2) is 15.4 Å². The number of alkyl halides is 1. The Bertz CT molecular complexity index is 809. The zero-order chi connectivity index (χ0) is 15.0. The van der Waals surface area contributed by atoms with Gasteiger partial charge < -0.3 is 0 Å². The molecule has 1 aromatic heterocycles. The molecule has 0 radical (unpaired) electrons. The Hall–Kier alpha value is -1.22. The summed E-state index contributed by atoms with van der Waals surface area (Å²) in [5, 5.41) is 1.37. The molecule has 0 aliphatic rings. The molecule has 0 aliphatic heterocycles. The van der Waals surface area contributed by atoms with Crippen LogP contribution in [0.25, 0.3) is 16.7 Å². The molecule has 0 N–H and O–H groups in total. The summed E-state index contributed by atoms with van der Waals surface area (Å²) in [4.78, 5) is 4.66. The van der Waals surface area contributed by atoms with E-state index in [2.05, 4.69) is 16.5 Å². The zero-order valence-corrected chi connectivity index (χ0v) is 13.7. The van der Waals surface area contributed by atoms with Crippen molar-refractivity contribution in [2.75, 3.05) is 5.88 Å². The van der Waals surface area contributed by atoms with Gasteiger partial charge in [-0.3, -0.25) is 4.57 Å². The van der Waals surface area contributed by atoms with Gasteiger partial charge in [0.15, 0.2) is 0 Å². The second kappa shape index (κ2) is 5.88. The van der Waals surface area contributed by atoms with Crippen molar-refractivity contribution >= 4 is 45.8 Å². The standard InChI is InChI=1S/C16H13Cl3N2/c1-10-2-3-12(19)9-15(10)21-14-5-4-11(18)8-13(14)20-16(21)6-7-17/h2-5,8-9H,6-7H2,1H3. The molecule has 0 saturated carbocycles. The minimum Gasteiger partial charge on any atom is -0.296 e. The summed E-state index contributed by atoms with van der Waals surface area (Å²) in [5.41, 5.74) is 4.02. The highest BCUT2D eigenvalue weighted by atomic mass is 35.5. The molecule has 0 spiro atoms. The fourth-order valence-electron chi connectivity index (χ4n) is 2.45. The first kappa shape index (κ1) is 14.7. The molecule has 0 bridgehead atoms. The van der Waals surface area contributed by atoms with Gasteiger partial charge in [-0.2, -0.15) is 0 Å². The van der Waals surface area contributed by atoms with E-state index in [9.17, 15) is 0 Å². The van der Waals surface area contributed by atoms with Gasteiger partial charge in [-0.1, -0.05) is 29.3 Å². The summed E-state index contributed by atoms with van der Waals surface area (Å²) in [6.07, 6.45) is 0.680. The van der Waals surface area contributed by atoms with Crippen molar-refractivity contribution in [1.29, 1.82) is 0 Å². The molecule has 3 rings (SSSR count). The third-order valence-electron chi connectivity index (χ3n) is 3.42. The third-order valence-corrected chi connectivity index (χ3v) is 4.08. The van der Waals surface area contributed by atoms with Crippen LogP contribution in [-0.2, 0) is 6.42 Å². The molecule has 0 fully saturated rings. The summed E-state index contributed by atoms with van der Waals surface area (Å²) in [6.45, 7) is 2.05. The molecule has 0 aliphatic carbocycles. The Labute approximate surface area is 138 Å². The van der Waals surface area contributed by atoms with Crippen LogP contribution in [0.15, 0.2) is 36.4 Å². The van der Waals surface area contributed by atoms with Crippen LogP contribution in [0, 0.1) is 6.92 Å². The van der Waals surface area contributed by atoms with E-state index < -0.39 is 0 Å². The van der Waals surface area contributed by atoms with E-state index in [0.29, 0.717) is 22.3 Å². The molecular weight excluding hydrogens is 327 g/mol. The van der Waals surface area contributed by atoms with Crippen molar-refractivity contribution in [1.82, 2.24) is 9.55 Å². The van der Waals surface area contributed by atoms with Crippen LogP contribution in [0.1, 0.15) is 11.4 Å². The van der Waals surface area contributed by atoms with E-state index in [0.717, 1.165) is 28.1 Å². The van der Waals surface area contributed by atoms with Crippen LogP contribution in [0.3, 0.4) is 0 Å². The van der Waals surface area contributed by atoms with Gasteiger partial charge in [0.1, 0.15) is 5.82 Å². The van der Waals surface area contributed by atoms with Crippen LogP contribution in [0.2, 0.25) is 10.0 Å². The smallest absolute Gasteiger partial charge is 0.115 e. The summed E-state index contributed by atoms with van der Waals surface area (Å²) in [5.74, 6) is 1.42. The number of aryl methyl sites for hydroxylation is 2. The van der Waals surface area contributed by atoms with Gasteiger partial charge in [0.05, 0.1) is 16.7 Å². The van der Waals surface area contributed by atoms with Crippen molar-refractivity contribution in [3.63, 3.8) is 0 Å². The molecular formula is C16H13Cl3N2. The number of fused-ring (bicyclic) bond motifs is 1. The molecule has 2 aromatic carbocycles. The highest BCUT2D eigenvalue weighted by molar-refractivity contribution is 6.31. The Kier molecular flexibility index (Phi) is 4.12. The SMILES string of the molecule is Cc1ccc(Cl)cc1-n1c(CCCl)nc2cc(Cl)ccc21. The van der Waals surface area contributed by atoms with Crippen molar-refractivity contribution < 1.29 is 0 Å². The van der Waals surface area contributed by atoms with E-state index in [4.69, 9.17) is 34.8 Å². The van der Waals surface area contributed by atoms with Gasteiger partial charge in [0.2, 0.25) is 0 Å². The second-order valence-corrected chi connectivity index (χ2v) is 6.12. The number of halogens is 3. The number of benzene rings is 2. The Morgan fingerprint density at radius 3 is 2.52 bits per heavy atom. The van der Waals surface area contributed by atoms with E-state index in [1.54, 1.807) is 0 Å². The lowest BCUT2D eigenvalue weighted by Gasteiger charge is -2.12. The first-order valence-electron chi connectivity index (χ1n) is 6.59. The minimum absolute atomic E-state index is 0.511. The highest BCUT2D eigenvalue weighted by Crippen LogP contribution is 2.28. The van der Waals surface area contributed by atoms with Crippen molar-refractivity contribution in [3.05, 3.63) is 57.8 Å². The lowest BCUT2D eigenvalue weighted by atomic mass is 10.2. The fourth-order valence-corrected chi connectivity index (χ4v) is 2.95. The van der Waals surface area contributed by atoms with Crippen molar-refractivity contribution in [2.45, 2.75) is 13.3 Å². The Morgan fingerprint density at radius 1 is 1.05 bits per heavy atom. The van der Waals surface area contributed by atoms with Crippen LogP contribution >= 0.6 is 34.8 Å². The van der Waals surface area contributed by atoms with E-state index in [1.165, 1.54) is 0 Å². The average molecular weight is 340 g/mol. The van der Waals surface area contributed by atoms with Crippen molar-refractivity contribution in [2.24, 2.45) is 0 Å². The third kappa shape index (κ3) is 2.76. The Balaban J connectivity index is 2.33. The lowest BCUT2D eigenvalue weighted by molar-refractivity contribution is 0.907. The minimum atomic E-state index is 0.511. The van der Waals surface area contributed by atoms with Gasteiger partial charge in [-0.25, -0.2) is 4.98 Å². The summed E-state index contributed by atoms with van der Waals surface area (Å²) in [6, 6.07) is 11.5. The number of imidazole rings is 1.